The van der Waals surface area contributed by atoms with Gasteiger partial charge in [0.05, 0.1) is 30.7 Å². The Morgan fingerprint density at radius 3 is 2.39 bits per heavy atom. The summed E-state index contributed by atoms with van der Waals surface area (Å²) >= 11 is 6.18. The third-order valence-electron chi connectivity index (χ3n) is 4.96. The summed E-state index contributed by atoms with van der Waals surface area (Å²) in [6, 6.07) is 13.0. The van der Waals surface area contributed by atoms with Crippen molar-refractivity contribution in [2.75, 3.05) is 12.4 Å². The number of methoxy groups -OCH3 is 1. The van der Waals surface area contributed by atoms with Gasteiger partial charge in [-0.15, -0.1) is 0 Å². The van der Waals surface area contributed by atoms with E-state index in [0.29, 0.717) is 17.3 Å². The van der Waals surface area contributed by atoms with Gasteiger partial charge < -0.3 is 15.4 Å². The van der Waals surface area contributed by atoms with Crippen LogP contribution in [0.25, 0.3) is 5.69 Å². The Balaban J connectivity index is 1.79. The topological polar surface area (TPSA) is 68.2 Å². The molecule has 6 nitrogen and oxygen atoms in total. The number of hydrogen-bond donors (Lipinski definition) is 2. The molecule has 1 aromatic heterocycles. The van der Waals surface area contributed by atoms with Crippen molar-refractivity contribution in [3.05, 3.63) is 70.0 Å². The summed E-state index contributed by atoms with van der Waals surface area (Å²) in [4.78, 5) is 12.6. The molecule has 0 fully saturated rings. The number of urea groups is 1. The third kappa shape index (κ3) is 5.39. The molecule has 164 valence electrons. The van der Waals surface area contributed by atoms with Crippen LogP contribution in [0.4, 0.5) is 10.5 Å². The van der Waals surface area contributed by atoms with Crippen LogP contribution in [0.15, 0.2) is 42.5 Å². The number of aromatic nitrogens is 2. The molecule has 0 saturated carbocycles. The summed E-state index contributed by atoms with van der Waals surface area (Å²) in [7, 11) is 1.64. The van der Waals surface area contributed by atoms with Crippen LogP contribution in [0.2, 0.25) is 5.02 Å². The number of carbonyl (C=O) groups is 1. The van der Waals surface area contributed by atoms with Gasteiger partial charge in [0, 0.05) is 16.1 Å². The van der Waals surface area contributed by atoms with Gasteiger partial charge in [-0.05, 0) is 61.4 Å². The van der Waals surface area contributed by atoms with E-state index in [2.05, 4.69) is 31.4 Å². The van der Waals surface area contributed by atoms with E-state index in [-0.39, 0.29) is 11.4 Å². The molecule has 3 rings (SSSR count). The molecule has 0 bridgehead atoms. The van der Waals surface area contributed by atoms with Gasteiger partial charge in [0.2, 0.25) is 0 Å². The Labute approximate surface area is 188 Å². The van der Waals surface area contributed by atoms with E-state index >= 15 is 0 Å². The van der Waals surface area contributed by atoms with E-state index in [1.807, 2.05) is 61.0 Å². The van der Waals surface area contributed by atoms with Crippen LogP contribution in [0.5, 0.6) is 5.75 Å². The van der Waals surface area contributed by atoms with Gasteiger partial charge in [0.15, 0.2) is 0 Å². The second-order valence-corrected chi connectivity index (χ2v) is 9.05. The van der Waals surface area contributed by atoms with Crippen LogP contribution < -0.4 is 15.4 Å². The van der Waals surface area contributed by atoms with Gasteiger partial charge >= 0.3 is 6.03 Å². The van der Waals surface area contributed by atoms with Gasteiger partial charge in [-0.3, -0.25) is 0 Å². The van der Waals surface area contributed by atoms with Crippen molar-refractivity contribution in [2.24, 2.45) is 0 Å². The maximum atomic E-state index is 12.6. The molecule has 0 aliphatic heterocycles. The number of amides is 2. The number of aryl methyl sites for hydroxylation is 2. The quantitative estimate of drug-likeness (QED) is 0.529. The normalized spacial score (nSPS) is 11.3. The Hall–Kier alpha value is -2.99. The number of anilines is 1. The third-order valence-corrected chi connectivity index (χ3v) is 5.19. The molecule has 2 aromatic carbocycles. The van der Waals surface area contributed by atoms with Gasteiger partial charge in [0.25, 0.3) is 0 Å². The molecule has 0 aliphatic carbocycles. The molecule has 0 radical (unpaired) electrons. The van der Waals surface area contributed by atoms with Gasteiger partial charge in [0.1, 0.15) is 5.75 Å². The fourth-order valence-corrected chi connectivity index (χ4v) is 3.62. The Kier molecular flexibility index (Phi) is 6.60. The molecule has 2 N–H and O–H groups in total. The summed E-state index contributed by atoms with van der Waals surface area (Å²) < 4.78 is 7.21. The zero-order valence-corrected chi connectivity index (χ0v) is 19.6. The second kappa shape index (κ2) is 9.02. The lowest BCUT2D eigenvalue weighted by Gasteiger charge is -2.14. The first-order valence-corrected chi connectivity index (χ1v) is 10.5. The van der Waals surface area contributed by atoms with Crippen molar-refractivity contribution in [1.82, 2.24) is 15.1 Å². The first kappa shape index (κ1) is 22.7. The molecule has 0 unspecified atom stereocenters. The lowest BCUT2D eigenvalue weighted by atomic mass is 9.92. The van der Waals surface area contributed by atoms with Crippen molar-refractivity contribution >= 4 is 23.3 Å². The fourth-order valence-electron chi connectivity index (χ4n) is 3.43. The molecule has 0 atom stereocenters. The summed E-state index contributed by atoms with van der Waals surface area (Å²) in [6.45, 7) is 10.5. The number of hydrogen-bond acceptors (Lipinski definition) is 3. The largest absolute Gasteiger partial charge is 0.496 e. The molecule has 0 spiro atoms. The molecule has 3 aromatic rings. The Morgan fingerprint density at radius 2 is 1.81 bits per heavy atom. The average Bonchev–Trinajstić information content (AvgIpc) is 3.11. The minimum Gasteiger partial charge on any atom is -0.496 e. The smallest absolute Gasteiger partial charge is 0.319 e. The fraction of sp³-hybridized carbons (Fsp3) is 0.333. The Morgan fingerprint density at radius 1 is 1.13 bits per heavy atom. The predicted octanol–water partition coefficient (Wildman–Crippen LogP) is 5.77. The zero-order chi connectivity index (χ0) is 22.8. The van der Waals surface area contributed by atoms with E-state index < -0.39 is 0 Å². The van der Waals surface area contributed by atoms with E-state index in [1.54, 1.807) is 7.11 Å². The molecule has 31 heavy (non-hydrogen) atoms. The van der Waals surface area contributed by atoms with E-state index in [1.165, 1.54) is 0 Å². The first-order chi connectivity index (χ1) is 14.6. The van der Waals surface area contributed by atoms with Crippen LogP contribution in [0.3, 0.4) is 0 Å². The number of benzene rings is 2. The number of halogens is 1. The zero-order valence-electron chi connectivity index (χ0n) is 18.8. The monoisotopic (exact) mass is 440 g/mol. The second-order valence-electron chi connectivity index (χ2n) is 8.61. The predicted molar refractivity (Wildman–Crippen MR) is 126 cm³/mol. The lowest BCUT2D eigenvalue weighted by Crippen LogP contribution is -2.29. The summed E-state index contributed by atoms with van der Waals surface area (Å²) in [5.41, 5.74) is 5.17. The maximum Gasteiger partial charge on any atom is 0.319 e. The molecule has 2 amide bonds. The number of nitrogens with zero attached hydrogens (tertiary/aromatic N) is 2. The van der Waals surface area contributed by atoms with Crippen molar-refractivity contribution < 1.29 is 9.53 Å². The molecule has 1 heterocycles. The van der Waals surface area contributed by atoms with Crippen molar-refractivity contribution in [3.8, 4) is 11.4 Å². The molecule has 0 aliphatic rings. The van der Waals surface area contributed by atoms with Gasteiger partial charge in [-0.2, -0.15) is 5.10 Å². The Bertz CT molecular complexity index is 1080. The highest BCUT2D eigenvalue weighted by Gasteiger charge is 2.21. The van der Waals surface area contributed by atoms with Crippen molar-refractivity contribution in [2.45, 2.75) is 46.6 Å². The lowest BCUT2D eigenvalue weighted by molar-refractivity contribution is 0.251. The number of carbonyl (C=O) groups excluding carboxylic acids is 1. The molecule has 0 saturated heterocycles. The highest BCUT2D eigenvalue weighted by molar-refractivity contribution is 6.30. The van der Waals surface area contributed by atoms with Gasteiger partial charge in [-0.25, -0.2) is 9.48 Å². The minimum absolute atomic E-state index is 0.126. The van der Waals surface area contributed by atoms with Crippen LogP contribution in [-0.4, -0.2) is 22.9 Å². The van der Waals surface area contributed by atoms with Crippen molar-refractivity contribution in [1.29, 1.82) is 0 Å². The van der Waals surface area contributed by atoms with Crippen LogP contribution in [-0.2, 0) is 12.0 Å². The van der Waals surface area contributed by atoms with Crippen LogP contribution in [0.1, 0.15) is 43.3 Å². The van der Waals surface area contributed by atoms with Gasteiger partial charge in [-0.1, -0.05) is 38.4 Å². The molecular formula is C24H29ClN4O2. The maximum absolute atomic E-state index is 12.6. The van der Waals surface area contributed by atoms with Crippen molar-refractivity contribution in [3.63, 3.8) is 0 Å². The highest BCUT2D eigenvalue weighted by Crippen LogP contribution is 2.27. The number of rotatable bonds is 5. The summed E-state index contributed by atoms with van der Waals surface area (Å²) in [6.07, 6.45) is 0. The average molecular weight is 441 g/mol. The van der Waals surface area contributed by atoms with Crippen LogP contribution in [0, 0.1) is 13.8 Å². The number of ether oxygens (including phenoxy) is 1. The molecule has 7 heteroatoms. The first-order valence-electron chi connectivity index (χ1n) is 10.1. The standard InChI is InChI=1S/C24H29ClN4O2/c1-15-10-18(11-16(2)22(15)31-6)27-23(30)26-14-20-13-21(24(3,4)5)28-29(20)19-9-7-8-17(25)12-19/h7-13H,14H2,1-6H3,(H2,26,27,30). The number of nitrogens with one attached hydrogen (secondary N) is 2. The van der Waals surface area contributed by atoms with E-state index in [9.17, 15) is 4.79 Å². The van der Waals surface area contributed by atoms with E-state index in [4.69, 9.17) is 21.4 Å². The highest BCUT2D eigenvalue weighted by atomic mass is 35.5. The summed E-state index contributed by atoms with van der Waals surface area (Å²) in [5.74, 6) is 0.825. The minimum atomic E-state index is -0.292. The summed E-state index contributed by atoms with van der Waals surface area (Å²) in [5, 5.41) is 11.2. The van der Waals surface area contributed by atoms with Crippen LogP contribution >= 0.6 is 11.6 Å². The molecular weight excluding hydrogens is 412 g/mol. The SMILES string of the molecule is COc1c(C)cc(NC(=O)NCc2cc(C(C)(C)C)nn2-c2cccc(Cl)c2)cc1C. The van der Waals surface area contributed by atoms with E-state index in [0.717, 1.165) is 34.0 Å².